The highest BCUT2D eigenvalue weighted by molar-refractivity contribution is 9.11. The fraction of sp³-hybridized carbons (Fsp3) is 0. The van der Waals surface area contributed by atoms with Gasteiger partial charge in [0.25, 0.3) is 0 Å². The molecule has 1 heterocycles. The summed E-state index contributed by atoms with van der Waals surface area (Å²) in [6.07, 6.45) is 3.27. The molecule has 1 aromatic carbocycles. The first-order valence-corrected chi connectivity index (χ1v) is 7.25. The van der Waals surface area contributed by atoms with E-state index in [4.69, 9.17) is 11.6 Å². The van der Waals surface area contributed by atoms with Gasteiger partial charge in [-0.1, -0.05) is 49.5 Å². The quantitative estimate of drug-likeness (QED) is 0.649. The van der Waals surface area contributed by atoms with E-state index in [0.29, 0.717) is 16.2 Å². The molecule has 0 saturated heterocycles. The summed E-state index contributed by atoms with van der Waals surface area (Å²) in [4.78, 5) is 4.00. The van der Waals surface area contributed by atoms with Crippen LogP contribution in [-0.4, -0.2) is 4.98 Å². The molecule has 94 valence electrons. The van der Waals surface area contributed by atoms with Crippen molar-refractivity contribution in [1.82, 2.24) is 4.98 Å². The minimum absolute atomic E-state index is 0.392. The van der Waals surface area contributed by atoms with E-state index in [1.807, 2.05) is 18.2 Å². The lowest BCUT2D eigenvalue weighted by molar-refractivity contribution is 1.31. The van der Waals surface area contributed by atoms with Gasteiger partial charge in [0.2, 0.25) is 0 Å². The molecule has 0 bridgehead atoms. The summed E-state index contributed by atoms with van der Waals surface area (Å²) in [5.74, 6) is 0. The van der Waals surface area contributed by atoms with Crippen molar-refractivity contribution in [3.8, 4) is 6.07 Å². The van der Waals surface area contributed by atoms with Crippen molar-refractivity contribution < 1.29 is 0 Å². The van der Waals surface area contributed by atoms with Crippen molar-refractivity contribution >= 4 is 54.1 Å². The van der Waals surface area contributed by atoms with Gasteiger partial charge in [0.05, 0.1) is 10.6 Å². The van der Waals surface area contributed by atoms with Crippen LogP contribution in [0, 0.1) is 11.3 Å². The Balaban J connectivity index is 2.62. The van der Waals surface area contributed by atoms with Gasteiger partial charge in [-0.05, 0) is 24.3 Å². The largest absolute Gasteiger partial charge is 0.264 e. The van der Waals surface area contributed by atoms with Crippen LogP contribution < -0.4 is 0 Å². The average molecular weight is 398 g/mol. The Kier molecular flexibility index (Phi) is 4.76. The Hall–Kier alpha value is -1.15. The Labute approximate surface area is 133 Å². The zero-order valence-corrected chi connectivity index (χ0v) is 13.5. The number of hydrogen-bond acceptors (Lipinski definition) is 2. The van der Waals surface area contributed by atoms with Crippen molar-refractivity contribution in [2.75, 3.05) is 0 Å². The number of nitrogens with zero attached hydrogens (tertiary/aromatic N) is 2. The lowest BCUT2D eigenvalue weighted by Crippen LogP contribution is -1.88. The summed E-state index contributed by atoms with van der Waals surface area (Å²) >= 11 is 13.2. The van der Waals surface area contributed by atoms with Crippen LogP contribution >= 0.6 is 43.5 Å². The molecule has 0 amide bonds. The van der Waals surface area contributed by atoms with E-state index < -0.39 is 0 Å². The Bertz CT molecular complexity index is 676. The van der Waals surface area contributed by atoms with Crippen LogP contribution in [0.3, 0.4) is 0 Å². The number of rotatable bonds is 2. The van der Waals surface area contributed by atoms with Crippen molar-refractivity contribution in [1.29, 1.82) is 5.26 Å². The molecule has 0 aliphatic rings. The third kappa shape index (κ3) is 3.24. The highest BCUT2D eigenvalue weighted by atomic mass is 79.9. The van der Waals surface area contributed by atoms with Gasteiger partial charge in [0.15, 0.2) is 0 Å². The van der Waals surface area contributed by atoms with E-state index in [1.54, 1.807) is 24.5 Å². The summed E-state index contributed by atoms with van der Waals surface area (Å²) in [5.41, 5.74) is 1.85. The second-order valence-corrected chi connectivity index (χ2v) is 5.81. The van der Waals surface area contributed by atoms with Gasteiger partial charge in [0.1, 0.15) is 6.07 Å². The maximum atomic E-state index is 9.32. The van der Waals surface area contributed by atoms with Crippen molar-refractivity contribution in [2.45, 2.75) is 0 Å². The van der Waals surface area contributed by atoms with Crippen molar-refractivity contribution in [3.63, 3.8) is 0 Å². The predicted octanol–water partition coefficient (Wildman–Crippen LogP) is 5.24. The second kappa shape index (κ2) is 6.33. The molecule has 0 saturated carbocycles. The molecule has 1 aromatic heterocycles. The molecule has 2 nitrogen and oxygen atoms in total. The van der Waals surface area contributed by atoms with Crippen LogP contribution in [0.2, 0.25) is 0 Å². The van der Waals surface area contributed by atoms with Gasteiger partial charge in [-0.2, -0.15) is 5.26 Å². The van der Waals surface area contributed by atoms with Crippen LogP contribution in [0.4, 0.5) is 0 Å². The average Bonchev–Trinajstić information content (AvgIpc) is 2.43. The minimum Gasteiger partial charge on any atom is -0.264 e. The van der Waals surface area contributed by atoms with E-state index in [9.17, 15) is 5.26 Å². The molecule has 0 aliphatic carbocycles. The van der Waals surface area contributed by atoms with Gasteiger partial charge < -0.3 is 0 Å². The Morgan fingerprint density at radius 1 is 1.26 bits per heavy atom. The maximum Gasteiger partial charge on any atom is 0.101 e. The maximum absolute atomic E-state index is 9.32. The van der Waals surface area contributed by atoms with Crippen molar-refractivity contribution in [3.05, 3.63) is 62.8 Å². The van der Waals surface area contributed by atoms with E-state index in [-0.39, 0.29) is 0 Å². The molecule has 0 N–H and O–H groups in total. The Morgan fingerprint density at radius 2 is 2.05 bits per heavy atom. The standard InChI is InChI=1S/C14H7Br2ClN2/c15-10-3-4-13(16)11(6-10)14(17)12(7-18)9-2-1-5-19-8-9/h1-6,8H/b14-12-. The molecule has 5 heteroatoms. The number of aromatic nitrogens is 1. The molecule has 0 atom stereocenters. The van der Waals surface area contributed by atoms with E-state index in [1.165, 1.54) is 0 Å². The molecule has 0 fully saturated rings. The molecular weight excluding hydrogens is 391 g/mol. The minimum atomic E-state index is 0.392. The first kappa shape index (κ1) is 14.3. The number of pyridine rings is 1. The molecule has 0 unspecified atom stereocenters. The smallest absolute Gasteiger partial charge is 0.101 e. The monoisotopic (exact) mass is 396 g/mol. The fourth-order valence-corrected chi connectivity index (χ4v) is 2.78. The fourth-order valence-electron chi connectivity index (χ4n) is 1.55. The first-order chi connectivity index (χ1) is 9.13. The lowest BCUT2D eigenvalue weighted by Gasteiger charge is -2.07. The number of benzene rings is 1. The van der Waals surface area contributed by atoms with Gasteiger partial charge in [-0.3, -0.25) is 4.98 Å². The molecule has 0 aliphatic heterocycles. The Morgan fingerprint density at radius 3 is 2.68 bits per heavy atom. The number of hydrogen-bond donors (Lipinski definition) is 0. The third-order valence-electron chi connectivity index (χ3n) is 2.45. The molecule has 0 spiro atoms. The van der Waals surface area contributed by atoms with Gasteiger partial charge in [-0.15, -0.1) is 0 Å². The van der Waals surface area contributed by atoms with E-state index in [0.717, 1.165) is 14.5 Å². The lowest BCUT2D eigenvalue weighted by atomic mass is 10.1. The number of halogens is 3. The molecule has 2 rings (SSSR count). The normalized spacial score (nSPS) is 11.7. The molecule has 0 radical (unpaired) electrons. The van der Waals surface area contributed by atoms with Gasteiger partial charge in [-0.25, -0.2) is 0 Å². The summed E-state index contributed by atoms with van der Waals surface area (Å²) < 4.78 is 1.73. The van der Waals surface area contributed by atoms with Gasteiger partial charge in [0, 0.05) is 32.5 Å². The van der Waals surface area contributed by atoms with Crippen molar-refractivity contribution in [2.24, 2.45) is 0 Å². The summed E-state index contributed by atoms with van der Waals surface area (Å²) in [6, 6.07) is 11.3. The third-order valence-corrected chi connectivity index (χ3v) is 4.02. The first-order valence-electron chi connectivity index (χ1n) is 5.29. The van der Waals surface area contributed by atoms with Crippen LogP contribution in [-0.2, 0) is 0 Å². The highest BCUT2D eigenvalue weighted by Gasteiger charge is 2.12. The summed E-state index contributed by atoms with van der Waals surface area (Å²) in [5, 5.41) is 9.72. The summed E-state index contributed by atoms with van der Waals surface area (Å²) in [6.45, 7) is 0. The van der Waals surface area contributed by atoms with E-state index in [2.05, 4.69) is 42.9 Å². The molecule has 19 heavy (non-hydrogen) atoms. The SMILES string of the molecule is N#C/C(=C(/Cl)c1cc(Br)ccc1Br)c1cccnc1. The second-order valence-electron chi connectivity index (χ2n) is 3.67. The zero-order valence-electron chi connectivity index (χ0n) is 9.57. The highest BCUT2D eigenvalue weighted by Crippen LogP contribution is 2.35. The van der Waals surface area contributed by atoms with Crippen LogP contribution in [0.5, 0.6) is 0 Å². The van der Waals surface area contributed by atoms with Crippen LogP contribution in [0.15, 0.2) is 51.7 Å². The predicted molar refractivity (Wildman–Crippen MR) is 84.4 cm³/mol. The van der Waals surface area contributed by atoms with Crippen LogP contribution in [0.25, 0.3) is 10.6 Å². The number of nitriles is 1. The van der Waals surface area contributed by atoms with Gasteiger partial charge >= 0.3 is 0 Å². The topological polar surface area (TPSA) is 36.7 Å². The van der Waals surface area contributed by atoms with Crippen LogP contribution in [0.1, 0.15) is 11.1 Å². The summed E-state index contributed by atoms with van der Waals surface area (Å²) in [7, 11) is 0. The molecular formula is C14H7Br2ClN2. The molecule has 2 aromatic rings. The van der Waals surface area contributed by atoms with E-state index >= 15 is 0 Å². The zero-order chi connectivity index (χ0) is 13.8. The number of allylic oxidation sites excluding steroid dienone is 1.